The molecule has 1 unspecified atom stereocenters. The van der Waals surface area contributed by atoms with Gasteiger partial charge in [-0.2, -0.15) is 13.2 Å². The van der Waals surface area contributed by atoms with E-state index in [0.29, 0.717) is 22.7 Å². The molecule has 2 aliphatic rings. The van der Waals surface area contributed by atoms with E-state index in [2.05, 4.69) is 5.32 Å². The van der Waals surface area contributed by atoms with E-state index in [1.807, 2.05) is 12.1 Å². The van der Waals surface area contributed by atoms with Crippen molar-refractivity contribution in [2.45, 2.75) is 38.3 Å². The van der Waals surface area contributed by atoms with Gasteiger partial charge in [0.25, 0.3) is 0 Å². The minimum absolute atomic E-state index is 0.105. The second-order valence-electron chi connectivity index (χ2n) is 8.35. The molecular formula is C22H24ClF3N2. The molecule has 1 aliphatic heterocycles. The molecular weight excluding hydrogens is 385 g/mol. The number of rotatable bonds is 5. The predicted molar refractivity (Wildman–Crippen MR) is 106 cm³/mol. The molecule has 2 aromatic carbocycles. The summed E-state index contributed by atoms with van der Waals surface area (Å²) >= 11 is 6.14. The Bertz CT molecular complexity index is 874. The van der Waals surface area contributed by atoms with Crippen LogP contribution in [-0.4, -0.2) is 13.1 Å². The number of alkyl halides is 3. The van der Waals surface area contributed by atoms with E-state index < -0.39 is 11.7 Å². The van der Waals surface area contributed by atoms with Crippen molar-refractivity contribution in [2.24, 2.45) is 10.8 Å². The minimum Gasteiger partial charge on any atom is -0.398 e. The first kappa shape index (κ1) is 19.6. The summed E-state index contributed by atoms with van der Waals surface area (Å²) in [6, 6.07) is 11.6. The van der Waals surface area contributed by atoms with Crippen LogP contribution in [0.4, 0.5) is 18.9 Å². The van der Waals surface area contributed by atoms with E-state index in [0.717, 1.165) is 44.3 Å². The second-order valence-corrected chi connectivity index (χ2v) is 8.76. The highest BCUT2D eigenvalue weighted by atomic mass is 35.5. The van der Waals surface area contributed by atoms with Gasteiger partial charge in [0, 0.05) is 6.54 Å². The van der Waals surface area contributed by atoms with Crippen molar-refractivity contribution < 1.29 is 13.2 Å². The van der Waals surface area contributed by atoms with Gasteiger partial charge in [0.15, 0.2) is 0 Å². The molecule has 28 heavy (non-hydrogen) atoms. The normalized spacial score (nSPS) is 26.7. The summed E-state index contributed by atoms with van der Waals surface area (Å²) in [5.74, 6) is 0. The van der Waals surface area contributed by atoms with Gasteiger partial charge >= 0.3 is 6.18 Å². The van der Waals surface area contributed by atoms with Gasteiger partial charge in [-0.3, -0.25) is 0 Å². The fourth-order valence-corrected chi connectivity index (χ4v) is 5.27. The molecule has 4 rings (SSSR count). The lowest BCUT2D eigenvalue weighted by Gasteiger charge is -2.24. The summed E-state index contributed by atoms with van der Waals surface area (Å²) in [4.78, 5) is 0. The number of nitrogens with two attached hydrogens (primary N) is 1. The molecule has 1 saturated carbocycles. The van der Waals surface area contributed by atoms with Gasteiger partial charge in [0.1, 0.15) is 0 Å². The van der Waals surface area contributed by atoms with Crippen molar-refractivity contribution in [1.29, 1.82) is 0 Å². The maximum absolute atomic E-state index is 13.5. The molecule has 0 amide bonds. The third-order valence-electron chi connectivity index (χ3n) is 6.73. The van der Waals surface area contributed by atoms with E-state index in [1.165, 1.54) is 12.1 Å². The van der Waals surface area contributed by atoms with Gasteiger partial charge in [-0.25, -0.2) is 0 Å². The van der Waals surface area contributed by atoms with E-state index in [1.54, 1.807) is 18.2 Å². The fourth-order valence-electron chi connectivity index (χ4n) is 5.07. The smallest absolute Gasteiger partial charge is 0.398 e. The Morgan fingerprint density at radius 2 is 1.93 bits per heavy atom. The molecule has 150 valence electrons. The largest absolute Gasteiger partial charge is 0.416 e. The van der Waals surface area contributed by atoms with Gasteiger partial charge in [-0.1, -0.05) is 35.9 Å². The SMILES string of the molecule is Nc1ccc(CCC2(Cc3ccccc3C(F)(F)F)C[C@]23CCNC3)cc1Cl. The van der Waals surface area contributed by atoms with Crippen LogP contribution in [0.2, 0.25) is 5.02 Å². The summed E-state index contributed by atoms with van der Waals surface area (Å²) < 4.78 is 40.5. The molecule has 6 heteroatoms. The highest BCUT2D eigenvalue weighted by molar-refractivity contribution is 6.33. The predicted octanol–water partition coefficient (Wildman–Crippen LogP) is 5.49. The maximum Gasteiger partial charge on any atom is 0.416 e. The maximum atomic E-state index is 13.5. The van der Waals surface area contributed by atoms with Crippen molar-refractivity contribution in [2.75, 3.05) is 18.8 Å². The fraction of sp³-hybridized carbons (Fsp3) is 0.455. The third kappa shape index (κ3) is 3.50. The van der Waals surface area contributed by atoms with Gasteiger partial charge in [0.05, 0.1) is 16.3 Å². The molecule has 3 N–H and O–H groups in total. The van der Waals surface area contributed by atoms with E-state index >= 15 is 0 Å². The van der Waals surface area contributed by atoms with Crippen LogP contribution in [0.5, 0.6) is 0 Å². The average Bonchev–Trinajstić information content (AvgIpc) is 2.97. The van der Waals surface area contributed by atoms with Crippen LogP contribution in [0.1, 0.15) is 36.0 Å². The molecule has 1 heterocycles. The lowest BCUT2D eigenvalue weighted by molar-refractivity contribution is -0.138. The number of anilines is 1. The number of nitrogens with one attached hydrogen (secondary N) is 1. The Labute approximate surface area is 168 Å². The number of hydrogen-bond acceptors (Lipinski definition) is 2. The van der Waals surface area contributed by atoms with Crippen LogP contribution in [-0.2, 0) is 19.0 Å². The first-order valence-electron chi connectivity index (χ1n) is 9.65. The standard InChI is InChI=1S/C22H24ClF3N2/c23-18-11-15(5-6-19(18)27)7-8-20(13-21(20)9-10-28-14-21)12-16-3-1-2-4-17(16)22(24,25)26/h1-6,11,28H,7-10,12-14,27H2/t20?,21-/m0/s1. The summed E-state index contributed by atoms with van der Waals surface area (Å²) in [6.07, 6.45) is -0.214. The third-order valence-corrected chi connectivity index (χ3v) is 7.06. The highest BCUT2D eigenvalue weighted by Gasteiger charge is 2.66. The van der Waals surface area contributed by atoms with Crippen LogP contribution in [0, 0.1) is 10.8 Å². The van der Waals surface area contributed by atoms with E-state index in [4.69, 9.17) is 17.3 Å². The van der Waals surface area contributed by atoms with Crippen LogP contribution in [0.25, 0.3) is 0 Å². The van der Waals surface area contributed by atoms with Crippen molar-refractivity contribution in [3.05, 3.63) is 64.2 Å². The lowest BCUT2D eigenvalue weighted by Crippen LogP contribution is -2.22. The van der Waals surface area contributed by atoms with Crippen molar-refractivity contribution in [3.8, 4) is 0 Å². The van der Waals surface area contributed by atoms with Crippen LogP contribution in [0.15, 0.2) is 42.5 Å². The van der Waals surface area contributed by atoms with Gasteiger partial charge in [-0.05, 0) is 78.8 Å². The second kappa shape index (κ2) is 6.96. The molecule has 0 radical (unpaired) electrons. The Kier molecular flexibility index (Phi) is 4.87. The number of aryl methyl sites for hydroxylation is 1. The first-order chi connectivity index (χ1) is 13.2. The van der Waals surface area contributed by atoms with Crippen molar-refractivity contribution in [3.63, 3.8) is 0 Å². The molecule has 0 aromatic heterocycles. The summed E-state index contributed by atoms with van der Waals surface area (Å²) in [5.41, 5.74) is 7.33. The van der Waals surface area contributed by atoms with Crippen LogP contribution in [0.3, 0.4) is 0 Å². The topological polar surface area (TPSA) is 38.0 Å². The van der Waals surface area contributed by atoms with Gasteiger partial charge in [-0.15, -0.1) is 0 Å². The summed E-state index contributed by atoms with van der Waals surface area (Å²) in [6.45, 7) is 1.83. The van der Waals surface area contributed by atoms with E-state index in [-0.39, 0.29) is 10.8 Å². The number of hydrogen-bond donors (Lipinski definition) is 2. The summed E-state index contributed by atoms with van der Waals surface area (Å²) in [7, 11) is 0. The molecule has 1 saturated heterocycles. The van der Waals surface area contributed by atoms with Gasteiger partial charge in [0.2, 0.25) is 0 Å². The molecule has 2 aromatic rings. The van der Waals surface area contributed by atoms with Crippen LogP contribution < -0.4 is 11.1 Å². The van der Waals surface area contributed by atoms with E-state index in [9.17, 15) is 13.2 Å². The zero-order chi connectivity index (χ0) is 20.0. The number of nitrogen functional groups attached to an aromatic ring is 1. The monoisotopic (exact) mass is 408 g/mol. The molecule has 0 bridgehead atoms. The quantitative estimate of drug-likeness (QED) is 0.642. The Morgan fingerprint density at radius 3 is 2.61 bits per heavy atom. The van der Waals surface area contributed by atoms with Crippen molar-refractivity contribution in [1.82, 2.24) is 5.32 Å². The lowest BCUT2D eigenvalue weighted by atomic mass is 9.80. The summed E-state index contributed by atoms with van der Waals surface area (Å²) in [5, 5.41) is 3.94. The Hall–Kier alpha value is -1.72. The number of benzene rings is 2. The minimum atomic E-state index is -4.32. The van der Waals surface area contributed by atoms with Gasteiger partial charge < -0.3 is 11.1 Å². The highest BCUT2D eigenvalue weighted by Crippen LogP contribution is 2.70. The Balaban J connectivity index is 1.59. The average molecular weight is 409 g/mol. The zero-order valence-corrected chi connectivity index (χ0v) is 16.3. The number of halogens is 4. The molecule has 1 aliphatic carbocycles. The van der Waals surface area contributed by atoms with Crippen molar-refractivity contribution >= 4 is 17.3 Å². The molecule has 2 atom stereocenters. The van der Waals surface area contributed by atoms with Crippen LogP contribution >= 0.6 is 11.6 Å². The molecule has 2 fully saturated rings. The Morgan fingerprint density at radius 1 is 1.14 bits per heavy atom. The first-order valence-corrected chi connectivity index (χ1v) is 10.0. The zero-order valence-electron chi connectivity index (χ0n) is 15.6. The molecule has 2 nitrogen and oxygen atoms in total. The molecule has 1 spiro atoms.